The van der Waals surface area contributed by atoms with Gasteiger partial charge in [0.1, 0.15) is 18.1 Å². The van der Waals surface area contributed by atoms with Gasteiger partial charge in [0, 0.05) is 12.6 Å². The molecule has 0 aliphatic carbocycles. The zero-order valence-electron chi connectivity index (χ0n) is 11.3. The zero-order chi connectivity index (χ0) is 14.5. The molecule has 0 saturated carbocycles. The smallest absolute Gasteiger partial charge is 0.325 e. The fraction of sp³-hybridized carbons (Fsp3) is 0.214. The standard InChI is InChI=1S/C14H15N3O3/c1-15-11-8-16-13(10-6-4-3-5-7-10)17(14(11)19)9-12(18)20-2/h3-8,15H,9H2,1-2H3. The van der Waals surface area contributed by atoms with Gasteiger partial charge >= 0.3 is 5.97 Å². The number of aromatic nitrogens is 2. The topological polar surface area (TPSA) is 73.2 Å². The van der Waals surface area contributed by atoms with E-state index < -0.39 is 5.97 Å². The highest BCUT2D eigenvalue weighted by molar-refractivity contribution is 5.70. The van der Waals surface area contributed by atoms with E-state index in [0.29, 0.717) is 11.5 Å². The van der Waals surface area contributed by atoms with Gasteiger partial charge in [-0.25, -0.2) is 4.98 Å². The highest BCUT2D eigenvalue weighted by atomic mass is 16.5. The number of nitrogens with zero attached hydrogens (tertiary/aromatic N) is 2. The van der Waals surface area contributed by atoms with Crippen LogP contribution < -0.4 is 10.9 Å². The number of anilines is 1. The van der Waals surface area contributed by atoms with Crippen molar-refractivity contribution in [3.63, 3.8) is 0 Å². The van der Waals surface area contributed by atoms with E-state index in [1.54, 1.807) is 7.05 Å². The quantitative estimate of drug-likeness (QED) is 0.845. The van der Waals surface area contributed by atoms with E-state index in [-0.39, 0.29) is 12.1 Å². The van der Waals surface area contributed by atoms with E-state index in [2.05, 4.69) is 15.0 Å². The normalized spacial score (nSPS) is 10.1. The van der Waals surface area contributed by atoms with Gasteiger partial charge in [0.15, 0.2) is 0 Å². The van der Waals surface area contributed by atoms with Crippen molar-refractivity contribution in [2.24, 2.45) is 0 Å². The lowest BCUT2D eigenvalue weighted by molar-refractivity contribution is -0.141. The SMILES string of the molecule is CNc1cnc(-c2ccccc2)n(CC(=O)OC)c1=O. The second kappa shape index (κ2) is 6.01. The Morgan fingerprint density at radius 3 is 2.65 bits per heavy atom. The molecule has 104 valence electrons. The Morgan fingerprint density at radius 1 is 1.35 bits per heavy atom. The lowest BCUT2D eigenvalue weighted by Gasteiger charge is -2.12. The summed E-state index contributed by atoms with van der Waals surface area (Å²) < 4.78 is 5.93. The number of carbonyl (C=O) groups excluding carboxylic acids is 1. The third-order valence-electron chi connectivity index (χ3n) is 2.86. The van der Waals surface area contributed by atoms with Gasteiger partial charge in [-0.05, 0) is 0 Å². The van der Waals surface area contributed by atoms with Crippen LogP contribution >= 0.6 is 0 Å². The van der Waals surface area contributed by atoms with Gasteiger partial charge in [-0.1, -0.05) is 30.3 Å². The van der Waals surface area contributed by atoms with Crippen molar-refractivity contribution >= 4 is 11.7 Å². The lowest BCUT2D eigenvalue weighted by atomic mass is 10.2. The van der Waals surface area contributed by atoms with Crippen LogP contribution in [0.15, 0.2) is 41.3 Å². The first-order valence-electron chi connectivity index (χ1n) is 6.07. The number of nitrogens with one attached hydrogen (secondary N) is 1. The summed E-state index contributed by atoms with van der Waals surface area (Å²) in [7, 11) is 2.91. The van der Waals surface area contributed by atoms with Gasteiger partial charge in [0.05, 0.1) is 13.3 Å². The molecular formula is C14H15N3O3. The Labute approximate surface area is 116 Å². The number of rotatable bonds is 4. The van der Waals surface area contributed by atoms with Gasteiger partial charge in [-0.15, -0.1) is 0 Å². The molecule has 1 N–H and O–H groups in total. The van der Waals surface area contributed by atoms with Crippen LogP contribution in [0.4, 0.5) is 5.69 Å². The highest BCUT2D eigenvalue weighted by Gasteiger charge is 2.14. The van der Waals surface area contributed by atoms with E-state index in [0.717, 1.165) is 5.56 Å². The van der Waals surface area contributed by atoms with E-state index in [1.807, 2.05) is 30.3 Å². The molecule has 2 aromatic rings. The number of ether oxygens (including phenoxy) is 1. The minimum absolute atomic E-state index is 0.178. The van der Waals surface area contributed by atoms with Gasteiger partial charge in [-0.2, -0.15) is 0 Å². The maximum atomic E-state index is 12.3. The van der Waals surface area contributed by atoms with Crippen molar-refractivity contribution in [2.75, 3.05) is 19.5 Å². The molecule has 0 bridgehead atoms. The summed E-state index contributed by atoms with van der Waals surface area (Å²) in [4.78, 5) is 28.0. The van der Waals surface area contributed by atoms with Crippen molar-refractivity contribution in [2.45, 2.75) is 6.54 Å². The predicted octanol–water partition coefficient (Wildman–Crippen LogP) is 1.12. The third kappa shape index (κ3) is 2.69. The first-order chi connectivity index (χ1) is 9.67. The number of hydrogen-bond acceptors (Lipinski definition) is 5. The summed E-state index contributed by atoms with van der Waals surface area (Å²) in [6.07, 6.45) is 1.46. The third-order valence-corrected chi connectivity index (χ3v) is 2.86. The molecule has 0 atom stereocenters. The largest absolute Gasteiger partial charge is 0.468 e. The van der Waals surface area contributed by atoms with Crippen LogP contribution in [0, 0.1) is 0 Å². The minimum atomic E-state index is -0.501. The molecule has 0 aliphatic rings. The molecule has 0 amide bonds. The lowest BCUT2D eigenvalue weighted by Crippen LogP contribution is -2.28. The van der Waals surface area contributed by atoms with Crippen molar-refractivity contribution in [3.05, 3.63) is 46.9 Å². The summed E-state index contributed by atoms with van der Waals surface area (Å²) in [5.41, 5.74) is 0.775. The summed E-state index contributed by atoms with van der Waals surface area (Å²) >= 11 is 0. The number of esters is 1. The molecule has 1 aromatic heterocycles. The molecule has 6 nitrogen and oxygen atoms in total. The molecule has 0 spiro atoms. The monoisotopic (exact) mass is 273 g/mol. The molecule has 6 heteroatoms. The molecule has 0 unspecified atom stereocenters. The fourth-order valence-electron chi connectivity index (χ4n) is 1.82. The Bertz CT molecular complexity index is 665. The summed E-state index contributed by atoms with van der Waals surface area (Å²) in [5.74, 6) is -0.0701. The Morgan fingerprint density at radius 2 is 2.05 bits per heavy atom. The molecule has 1 aromatic carbocycles. The van der Waals surface area contributed by atoms with E-state index >= 15 is 0 Å². The predicted molar refractivity (Wildman–Crippen MR) is 75.5 cm³/mol. The number of carbonyl (C=O) groups is 1. The summed E-state index contributed by atoms with van der Waals surface area (Å²) in [5, 5.41) is 2.76. The van der Waals surface area contributed by atoms with Crippen LogP contribution in [-0.4, -0.2) is 29.7 Å². The molecule has 1 heterocycles. The molecule has 0 aliphatic heterocycles. The average molecular weight is 273 g/mol. The Hall–Kier alpha value is -2.63. The Balaban J connectivity index is 2.59. The molecule has 0 radical (unpaired) electrons. The molecular weight excluding hydrogens is 258 g/mol. The van der Waals surface area contributed by atoms with Crippen LogP contribution in [-0.2, 0) is 16.1 Å². The summed E-state index contributed by atoms with van der Waals surface area (Å²) in [6.45, 7) is -0.178. The fourth-order valence-corrected chi connectivity index (χ4v) is 1.82. The van der Waals surface area contributed by atoms with E-state index in [4.69, 9.17) is 0 Å². The van der Waals surface area contributed by atoms with E-state index in [9.17, 15) is 9.59 Å². The van der Waals surface area contributed by atoms with Crippen LogP contribution in [0.2, 0.25) is 0 Å². The van der Waals surface area contributed by atoms with E-state index in [1.165, 1.54) is 17.9 Å². The van der Waals surface area contributed by atoms with Gasteiger partial charge in [0.2, 0.25) is 0 Å². The Kier molecular flexibility index (Phi) is 4.14. The first-order valence-corrected chi connectivity index (χ1v) is 6.07. The van der Waals surface area contributed by atoms with Crippen molar-refractivity contribution in [1.82, 2.24) is 9.55 Å². The highest BCUT2D eigenvalue weighted by Crippen LogP contribution is 2.16. The number of methoxy groups -OCH3 is 1. The molecule has 2 rings (SSSR count). The molecule has 0 fully saturated rings. The average Bonchev–Trinajstić information content (AvgIpc) is 2.50. The van der Waals surface area contributed by atoms with Crippen LogP contribution in [0.1, 0.15) is 0 Å². The summed E-state index contributed by atoms with van der Waals surface area (Å²) in [6, 6.07) is 9.21. The number of hydrogen-bond donors (Lipinski definition) is 1. The molecule has 0 saturated heterocycles. The van der Waals surface area contributed by atoms with Crippen molar-refractivity contribution in [3.8, 4) is 11.4 Å². The minimum Gasteiger partial charge on any atom is -0.468 e. The maximum absolute atomic E-state index is 12.3. The van der Waals surface area contributed by atoms with Crippen molar-refractivity contribution in [1.29, 1.82) is 0 Å². The molecule has 20 heavy (non-hydrogen) atoms. The zero-order valence-corrected chi connectivity index (χ0v) is 11.3. The van der Waals surface area contributed by atoms with Crippen LogP contribution in [0.3, 0.4) is 0 Å². The van der Waals surface area contributed by atoms with Gasteiger partial charge in [0.25, 0.3) is 5.56 Å². The first kappa shape index (κ1) is 13.8. The number of benzene rings is 1. The van der Waals surface area contributed by atoms with Gasteiger partial charge < -0.3 is 10.1 Å². The second-order valence-electron chi connectivity index (χ2n) is 4.08. The van der Waals surface area contributed by atoms with Crippen molar-refractivity contribution < 1.29 is 9.53 Å². The van der Waals surface area contributed by atoms with Crippen LogP contribution in [0.5, 0.6) is 0 Å². The van der Waals surface area contributed by atoms with Crippen LogP contribution in [0.25, 0.3) is 11.4 Å². The van der Waals surface area contributed by atoms with Gasteiger partial charge in [-0.3, -0.25) is 14.2 Å². The maximum Gasteiger partial charge on any atom is 0.325 e. The second-order valence-corrected chi connectivity index (χ2v) is 4.08.